The average Bonchev–Trinajstić information content (AvgIpc) is 2.46. The molecule has 0 aromatic heterocycles. The van der Waals surface area contributed by atoms with Crippen LogP contribution in [-0.4, -0.2) is 38.4 Å². The second-order valence-electron chi connectivity index (χ2n) is 7.38. The van der Waals surface area contributed by atoms with E-state index in [1.54, 1.807) is 0 Å². The van der Waals surface area contributed by atoms with E-state index in [4.69, 9.17) is 4.74 Å². The Kier molecular flexibility index (Phi) is 5.88. The van der Waals surface area contributed by atoms with Crippen LogP contribution in [0.2, 0.25) is 0 Å². The highest BCUT2D eigenvalue weighted by atomic mass is 16.5. The van der Waals surface area contributed by atoms with Crippen LogP contribution in [0.4, 0.5) is 0 Å². The van der Waals surface area contributed by atoms with Crippen molar-refractivity contribution >= 4 is 0 Å². The topological polar surface area (TPSA) is 33.3 Å². The number of hydrogen-bond donors (Lipinski definition) is 2. The highest BCUT2D eigenvalue weighted by molar-refractivity contribution is 5.02. The van der Waals surface area contributed by atoms with Gasteiger partial charge in [-0.05, 0) is 64.1 Å². The van der Waals surface area contributed by atoms with E-state index >= 15 is 0 Å². The van der Waals surface area contributed by atoms with Crippen molar-refractivity contribution in [1.82, 2.24) is 10.6 Å². The van der Waals surface area contributed by atoms with Crippen molar-refractivity contribution in [2.45, 2.75) is 65.5 Å². The molecule has 1 aliphatic carbocycles. The summed E-state index contributed by atoms with van der Waals surface area (Å²) >= 11 is 0. The second kappa shape index (κ2) is 7.24. The van der Waals surface area contributed by atoms with Gasteiger partial charge >= 0.3 is 0 Å². The molecule has 0 spiro atoms. The minimum atomic E-state index is 0.297. The van der Waals surface area contributed by atoms with Gasteiger partial charge in [-0.25, -0.2) is 0 Å². The summed E-state index contributed by atoms with van der Waals surface area (Å²) in [5, 5.41) is 7.30. The van der Waals surface area contributed by atoms with Crippen LogP contribution in [-0.2, 0) is 4.74 Å². The zero-order valence-corrected chi connectivity index (χ0v) is 13.9. The van der Waals surface area contributed by atoms with Crippen LogP contribution in [0.25, 0.3) is 0 Å². The molecule has 0 aromatic rings. The van der Waals surface area contributed by atoms with Gasteiger partial charge in [-0.15, -0.1) is 0 Å². The first-order valence-electron chi connectivity index (χ1n) is 8.61. The van der Waals surface area contributed by atoms with Crippen molar-refractivity contribution in [3.05, 3.63) is 0 Å². The lowest BCUT2D eigenvalue weighted by atomic mass is 9.64. The molecular formula is C17H34N2O. The van der Waals surface area contributed by atoms with E-state index in [1.807, 2.05) is 0 Å². The number of nitrogens with one attached hydrogen (secondary N) is 2. The van der Waals surface area contributed by atoms with Crippen LogP contribution in [0.1, 0.15) is 53.4 Å². The van der Waals surface area contributed by atoms with Gasteiger partial charge in [0.25, 0.3) is 0 Å². The molecule has 1 saturated heterocycles. The molecule has 2 N–H and O–H groups in total. The molecule has 1 heterocycles. The third-order valence-electron chi connectivity index (χ3n) is 5.68. The molecule has 4 atom stereocenters. The molecule has 0 aromatic carbocycles. The Bertz CT molecular complexity index is 287. The monoisotopic (exact) mass is 282 g/mol. The fourth-order valence-corrected chi connectivity index (χ4v) is 3.80. The summed E-state index contributed by atoms with van der Waals surface area (Å²) < 4.78 is 5.80. The van der Waals surface area contributed by atoms with Gasteiger partial charge in [0.2, 0.25) is 0 Å². The summed E-state index contributed by atoms with van der Waals surface area (Å²) in [6.45, 7) is 13.6. The van der Waals surface area contributed by atoms with Gasteiger partial charge < -0.3 is 15.4 Å². The third-order valence-corrected chi connectivity index (χ3v) is 5.68. The fourth-order valence-electron chi connectivity index (χ4n) is 3.80. The summed E-state index contributed by atoms with van der Waals surface area (Å²) in [4.78, 5) is 0. The highest BCUT2D eigenvalue weighted by Crippen LogP contribution is 2.42. The van der Waals surface area contributed by atoms with Gasteiger partial charge in [-0.3, -0.25) is 0 Å². The van der Waals surface area contributed by atoms with Crippen LogP contribution in [0.5, 0.6) is 0 Å². The van der Waals surface area contributed by atoms with E-state index in [9.17, 15) is 0 Å². The largest absolute Gasteiger partial charge is 0.378 e. The second-order valence-corrected chi connectivity index (χ2v) is 7.38. The Morgan fingerprint density at radius 1 is 1.40 bits per heavy atom. The maximum Gasteiger partial charge on any atom is 0.0655 e. The summed E-state index contributed by atoms with van der Waals surface area (Å²) in [6, 6.07) is 0.635. The Morgan fingerprint density at radius 3 is 2.80 bits per heavy atom. The summed E-state index contributed by atoms with van der Waals surface area (Å²) in [7, 11) is 0. The minimum absolute atomic E-state index is 0.297. The van der Waals surface area contributed by atoms with Crippen LogP contribution in [0.15, 0.2) is 0 Å². The van der Waals surface area contributed by atoms with E-state index in [2.05, 4.69) is 38.3 Å². The zero-order chi connectivity index (χ0) is 14.6. The Balaban J connectivity index is 1.64. The van der Waals surface area contributed by atoms with Crippen LogP contribution in [0.3, 0.4) is 0 Å². The van der Waals surface area contributed by atoms with Crippen molar-refractivity contribution in [3.8, 4) is 0 Å². The van der Waals surface area contributed by atoms with Gasteiger partial charge in [-0.2, -0.15) is 0 Å². The lowest BCUT2D eigenvalue weighted by Gasteiger charge is -2.52. The zero-order valence-electron chi connectivity index (χ0n) is 13.9. The number of piperidine rings is 1. The first-order valence-corrected chi connectivity index (χ1v) is 8.61. The average molecular weight is 282 g/mol. The maximum atomic E-state index is 5.80. The first kappa shape index (κ1) is 16.3. The molecule has 0 amide bonds. The van der Waals surface area contributed by atoms with Crippen molar-refractivity contribution in [2.75, 3.05) is 26.2 Å². The van der Waals surface area contributed by atoms with E-state index in [0.29, 0.717) is 17.6 Å². The molecule has 1 saturated carbocycles. The fraction of sp³-hybridized carbons (Fsp3) is 1.00. The molecule has 4 unspecified atom stereocenters. The first-order chi connectivity index (χ1) is 9.55. The number of hydrogen-bond acceptors (Lipinski definition) is 3. The molecule has 3 heteroatoms. The van der Waals surface area contributed by atoms with Crippen molar-refractivity contribution in [1.29, 1.82) is 0 Å². The Morgan fingerprint density at radius 2 is 2.20 bits per heavy atom. The molecular weight excluding hydrogens is 248 g/mol. The SMILES string of the molecule is CCOC1CC(NCCC(C)C2CCCNC2)C1(C)C. The van der Waals surface area contributed by atoms with E-state index in [1.165, 1.54) is 38.8 Å². The quantitative estimate of drug-likeness (QED) is 0.753. The highest BCUT2D eigenvalue weighted by Gasteiger charge is 2.48. The smallest absolute Gasteiger partial charge is 0.0655 e. The van der Waals surface area contributed by atoms with E-state index in [-0.39, 0.29) is 0 Å². The van der Waals surface area contributed by atoms with Crippen LogP contribution >= 0.6 is 0 Å². The molecule has 1 aliphatic heterocycles. The molecule has 0 bridgehead atoms. The Hall–Kier alpha value is -0.120. The Labute approximate surface area is 125 Å². The lowest BCUT2D eigenvalue weighted by Crippen LogP contribution is -2.61. The summed E-state index contributed by atoms with van der Waals surface area (Å²) in [5.41, 5.74) is 0.297. The molecule has 118 valence electrons. The van der Waals surface area contributed by atoms with Gasteiger partial charge in [0, 0.05) is 18.1 Å². The molecule has 2 fully saturated rings. The standard InChI is InChI=1S/C17H34N2O/c1-5-20-16-11-15(17(16,3)4)19-10-8-13(2)14-7-6-9-18-12-14/h13-16,18-19H,5-12H2,1-4H3. The van der Waals surface area contributed by atoms with Crippen molar-refractivity contribution in [3.63, 3.8) is 0 Å². The molecule has 3 nitrogen and oxygen atoms in total. The third kappa shape index (κ3) is 3.75. The molecule has 2 aliphatic rings. The van der Waals surface area contributed by atoms with Gasteiger partial charge in [0.05, 0.1) is 6.10 Å². The van der Waals surface area contributed by atoms with Gasteiger partial charge in [0.1, 0.15) is 0 Å². The minimum Gasteiger partial charge on any atom is -0.378 e. The van der Waals surface area contributed by atoms with E-state index in [0.717, 1.165) is 25.0 Å². The molecule has 0 radical (unpaired) electrons. The maximum absolute atomic E-state index is 5.80. The predicted octanol–water partition coefficient (Wildman–Crippen LogP) is 2.81. The number of ether oxygens (including phenoxy) is 1. The summed E-state index contributed by atoms with van der Waals surface area (Å²) in [5.74, 6) is 1.72. The van der Waals surface area contributed by atoms with E-state index < -0.39 is 0 Å². The normalized spacial score (nSPS) is 34.5. The van der Waals surface area contributed by atoms with Gasteiger partial charge in [0.15, 0.2) is 0 Å². The summed E-state index contributed by atoms with van der Waals surface area (Å²) in [6.07, 6.45) is 5.70. The lowest BCUT2D eigenvalue weighted by molar-refractivity contribution is -0.114. The molecule has 2 rings (SSSR count). The van der Waals surface area contributed by atoms with Gasteiger partial charge in [-0.1, -0.05) is 20.8 Å². The van der Waals surface area contributed by atoms with Crippen LogP contribution < -0.4 is 10.6 Å². The van der Waals surface area contributed by atoms with Crippen LogP contribution in [0, 0.1) is 17.3 Å². The van der Waals surface area contributed by atoms with Crippen molar-refractivity contribution < 1.29 is 4.74 Å². The molecule has 20 heavy (non-hydrogen) atoms. The number of rotatable bonds is 7. The predicted molar refractivity (Wildman–Crippen MR) is 85.0 cm³/mol. The van der Waals surface area contributed by atoms with Crippen molar-refractivity contribution in [2.24, 2.45) is 17.3 Å².